The van der Waals surface area contributed by atoms with Crippen LogP contribution in [0.1, 0.15) is 41.8 Å². The van der Waals surface area contributed by atoms with Crippen LogP contribution in [0.4, 0.5) is 37.7 Å². The molecule has 0 fully saturated rings. The molecular weight excluding hydrogens is 627 g/mol. The molecule has 0 atom stereocenters. The molecule has 0 unspecified atom stereocenters. The number of alkyl halides is 6. The molecule has 10 heteroatoms. The van der Waals surface area contributed by atoms with E-state index in [-0.39, 0.29) is 20.9 Å². The van der Waals surface area contributed by atoms with E-state index in [1.54, 1.807) is 24.3 Å². The molecule has 4 aromatic rings. The SMILES string of the molecule is Cc1sc(/C=C/c2ccc(N(C)C)cc2)cc1C1=C(c2cc(/C=C/c3ccc(N(C)C)cc3)sc2C)C(F)(F)C(F)(F)C1(F)F. The summed E-state index contributed by atoms with van der Waals surface area (Å²) in [7, 11) is 7.65. The third-order valence-electron chi connectivity index (χ3n) is 7.78. The van der Waals surface area contributed by atoms with Crippen LogP contribution in [0.15, 0.2) is 60.7 Å². The van der Waals surface area contributed by atoms with E-state index in [2.05, 4.69) is 0 Å². The van der Waals surface area contributed by atoms with Gasteiger partial charge in [0.25, 0.3) is 0 Å². The summed E-state index contributed by atoms with van der Waals surface area (Å²) in [5, 5.41) is 0. The van der Waals surface area contributed by atoms with Crippen molar-refractivity contribution in [3.63, 3.8) is 0 Å². The van der Waals surface area contributed by atoms with Gasteiger partial charge in [0, 0.05) is 70.2 Å². The van der Waals surface area contributed by atoms with E-state index in [0.29, 0.717) is 9.75 Å². The molecule has 2 aromatic heterocycles. The van der Waals surface area contributed by atoms with Crippen LogP contribution >= 0.6 is 22.7 Å². The van der Waals surface area contributed by atoms with E-state index in [9.17, 15) is 8.78 Å². The van der Waals surface area contributed by atoms with Crippen molar-refractivity contribution in [2.24, 2.45) is 0 Å². The Bertz CT molecular complexity index is 1660. The lowest BCUT2D eigenvalue weighted by molar-refractivity contribution is -0.254. The first kappa shape index (κ1) is 32.6. The second kappa shape index (κ2) is 11.9. The molecule has 5 rings (SSSR count). The maximum absolute atomic E-state index is 15.5. The standard InChI is InChI=1S/C35H32F6N2S2/c1-21-29(19-27(44-21)17-11-23-7-13-25(14-8-23)42(3)4)31-32(34(38,39)35(40,41)33(31,36)37)30-20-28(45-22(30)2)18-12-24-9-15-26(16-10-24)43(5)6/h7-20H,1-6H3/b17-11+,18-12+. The minimum absolute atomic E-state index is 0.243. The fraction of sp³-hybridized carbons (Fsp3) is 0.257. The molecule has 0 aliphatic heterocycles. The van der Waals surface area contributed by atoms with E-state index < -0.39 is 28.9 Å². The van der Waals surface area contributed by atoms with Gasteiger partial charge in [-0.2, -0.15) is 26.3 Å². The zero-order valence-corrected chi connectivity index (χ0v) is 27.2. The molecule has 0 saturated heterocycles. The lowest BCUT2D eigenvalue weighted by Gasteiger charge is -2.25. The number of hydrogen-bond acceptors (Lipinski definition) is 4. The van der Waals surface area contributed by atoms with Crippen LogP contribution in [0.5, 0.6) is 0 Å². The van der Waals surface area contributed by atoms with Crippen molar-refractivity contribution in [2.75, 3.05) is 38.0 Å². The first-order valence-corrected chi connectivity index (χ1v) is 15.7. The van der Waals surface area contributed by atoms with Crippen LogP contribution in [0.3, 0.4) is 0 Å². The molecule has 1 aliphatic rings. The zero-order chi connectivity index (χ0) is 32.9. The predicted octanol–water partition coefficient (Wildman–Crippen LogP) is 10.7. The quantitative estimate of drug-likeness (QED) is 0.174. The number of benzene rings is 2. The predicted molar refractivity (Wildman–Crippen MR) is 179 cm³/mol. The van der Waals surface area contributed by atoms with Gasteiger partial charge in [-0.1, -0.05) is 36.4 Å². The average molecular weight is 659 g/mol. The summed E-state index contributed by atoms with van der Waals surface area (Å²) in [5.74, 6) is -15.8. The largest absolute Gasteiger partial charge is 0.380 e. The van der Waals surface area contributed by atoms with E-state index in [0.717, 1.165) is 45.2 Å². The van der Waals surface area contributed by atoms with E-state index in [1.165, 1.54) is 26.0 Å². The molecule has 2 heterocycles. The number of rotatable bonds is 8. The van der Waals surface area contributed by atoms with Crippen LogP contribution < -0.4 is 9.80 Å². The molecule has 236 valence electrons. The molecule has 0 bridgehead atoms. The Morgan fingerprint density at radius 2 is 0.867 bits per heavy atom. The van der Waals surface area contributed by atoms with Crippen LogP contribution in [-0.2, 0) is 0 Å². The van der Waals surface area contributed by atoms with Gasteiger partial charge in [0.15, 0.2) is 0 Å². The van der Waals surface area contributed by atoms with Gasteiger partial charge in [-0.15, -0.1) is 22.7 Å². The van der Waals surface area contributed by atoms with Gasteiger partial charge in [0.2, 0.25) is 0 Å². The minimum atomic E-state index is -5.61. The lowest BCUT2D eigenvalue weighted by Crippen LogP contribution is -2.48. The second-order valence-corrected chi connectivity index (χ2v) is 13.9. The highest BCUT2D eigenvalue weighted by Gasteiger charge is 2.80. The Labute approximate surface area is 267 Å². The monoisotopic (exact) mass is 658 g/mol. The zero-order valence-electron chi connectivity index (χ0n) is 25.6. The molecule has 0 radical (unpaired) electrons. The lowest BCUT2D eigenvalue weighted by atomic mass is 9.95. The number of hydrogen-bond donors (Lipinski definition) is 0. The fourth-order valence-electron chi connectivity index (χ4n) is 5.23. The molecule has 1 aliphatic carbocycles. The highest BCUT2D eigenvalue weighted by Crippen LogP contribution is 2.65. The Morgan fingerprint density at radius 1 is 0.533 bits per heavy atom. The molecule has 45 heavy (non-hydrogen) atoms. The van der Waals surface area contributed by atoms with Crippen molar-refractivity contribution in [2.45, 2.75) is 31.6 Å². The smallest absolute Gasteiger partial charge is 0.378 e. The van der Waals surface area contributed by atoms with Crippen molar-refractivity contribution in [3.05, 3.63) is 102 Å². The first-order chi connectivity index (χ1) is 21.0. The number of anilines is 2. The molecule has 0 saturated carbocycles. The number of thiophene rings is 2. The van der Waals surface area contributed by atoms with Crippen LogP contribution in [-0.4, -0.2) is 46.0 Å². The summed E-state index contributed by atoms with van der Waals surface area (Å²) in [6.07, 6.45) is 6.85. The van der Waals surface area contributed by atoms with E-state index in [1.807, 2.05) is 86.5 Å². The number of allylic oxidation sites excluding steroid dienone is 2. The van der Waals surface area contributed by atoms with Crippen molar-refractivity contribution in [3.8, 4) is 0 Å². The van der Waals surface area contributed by atoms with Gasteiger partial charge < -0.3 is 9.80 Å². The molecule has 0 spiro atoms. The average Bonchev–Trinajstić information content (AvgIpc) is 3.56. The van der Waals surface area contributed by atoms with Crippen molar-refractivity contribution in [1.29, 1.82) is 0 Å². The summed E-state index contributed by atoms with van der Waals surface area (Å²) < 4.78 is 92.1. The van der Waals surface area contributed by atoms with Gasteiger partial charge >= 0.3 is 17.8 Å². The molecule has 0 amide bonds. The summed E-state index contributed by atoms with van der Waals surface area (Å²) in [6.45, 7) is 2.96. The normalized spacial score (nSPS) is 17.2. The summed E-state index contributed by atoms with van der Waals surface area (Å²) >= 11 is 2.16. The first-order valence-electron chi connectivity index (χ1n) is 14.1. The summed E-state index contributed by atoms with van der Waals surface area (Å²) in [5.41, 5.74) is 0.403. The van der Waals surface area contributed by atoms with Crippen molar-refractivity contribution < 1.29 is 26.3 Å². The molecule has 2 aromatic carbocycles. The Kier molecular flexibility index (Phi) is 8.61. The second-order valence-electron chi connectivity index (χ2n) is 11.3. The third kappa shape index (κ3) is 5.86. The van der Waals surface area contributed by atoms with Gasteiger partial charge in [0.1, 0.15) is 0 Å². The minimum Gasteiger partial charge on any atom is -0.378 e. The van der Waals surface area contributed by atoms with Gasteiger partial charge in [-0.05, 0) is 84.7 Å². The van der Waals surface area contributed by atoms with Gasteiger partial charge in [-0.3, -0.25) is 0 Å². The Balaban J connectivity index is 1.56. The molecule has 0 N–H and O–H groups in total. The summed E-state index contributed by atoms with van der Waals surface area (Å²) in [6, 6.07) is 17.8. The van der Waals surface area contributed by atoms with Crippen molar-refractivity contribution in [1.82, 2.24) is 0 Å². The van der Waals surface area contributed by atoms with Gasteiger partial charge in [0.05, 0.1) is 0 Å². The van der Waals surface area contributed by atoms with Crippen LogP contribution in [0.2, 0.25) is 0 Å². The number of halogens is 6. The summed E-state index contributed by atoms with van der Waals surface area (Å²) in [4.78, 5) is 5.33. The van der Waals surface area contributed by atoms with Crippen LogP contribution in [0, 0.1) is 13.8 Å². The highest BCUT2D eigenvalue weighted by atomic mass is 32.1. The maximum Gasteiger partial charge on any atom is 0.380 e. The number of nitrogens with zero attached hydrogens (tertiary/aromatic N) is 2. The highest BCUT2D eigenvalue weighted by molar-refractivity contribution is 7.13. The van der Waals surface area contributed by atoms with Crippen molar-refractivity contribution >= 4 is 69.5 Å². The maximum atomic E-state index is 15.5. The Morgan fingerprint density at radius 3 is 1.18 bits per heavy atom. The topological polar surface area (TPSA) is 6.48 Å². The third-order valence-corrected chi connectivity index (χ3v) is 9.81. The van der Waals surface area contributed by atoms with Crippen LogP contribution in [0.25, 0.3) is 35.5 Å². The molecule has 2 nitrogen and oxygen atoms in total. The Hall–Kier alpha value is -3.76. The number of aryl methyl sites for hydroxylation is 2. The van der Waals surface area contributed by atoms with E-state index >= 15 is 17.6 Å². The molecular formula is C35H32F6N2S2. The van der Waals surface area contributed by atoms with E-state index in [4.69, 9.17) is 0 Å². The van der Waals surface area contributed by atoms with Gasteiger partial charge in [-0.25, -0.2) is 0 Å². The fourth-order valence-corrected chi connectivity index (χ4v) is 7.10.